The van der Waals surface area contributed by atoms with Crippen molar-refractivity contribution >= 4 is 15.7 Å². The summed E-state index contributed by atoms with van der Waals surface area (Å²) in [6.07, 6.45) is 0.738. The van der Waals surface area contributed by atoms with Gasteiger partial charge in [0.15, 0.2) is 9.84 Å². The van der Waals surface area contributed by atoms with Crippen molar-refractivity contribution in [2.24, 2.45) is 11.7 Å². The molecule has 1 atom stereocenters. The first kappa shape index (κ1) is 18.6. The fourth-order valence-electron chi connectivity index (χ4n) is 1.97. The summed E-state index contributed by atoms with van der Waals surface area (Å²) in [6.45, 7) is 6.28. The van der Waals surface area contributed by atoms with Crippen molar-refractivity contribution in [1.82, 2.24) is 4.90 Å². The van der Waals surface area contributed by atoms with Crippen molar-refractivity contribution in [1.29, 1.82) is 0 Å². The fraction of sp³-hybridized carbons (Fsp3) is 0.562. The number of nitrogens with two attached hydrogens (primary N) is 1. The Balaban J connectivity index is 2.73. The second-order valence-electron chi connectivity index (χ2n) is 5.85. The highest BCUT2D eigenvalue weighted by Gasteiger charge is 2.16. The SMILES string of the molecule is CCS(=O)(=O)c1ccc(C(=O)N(C)CCC(N)C(C)C)cc1. The Morgan fingerprint density at radius 2 is 1.77 bits per heavy atom. The lowest BCUT2D eigenvalue weighted by Gasteiger charge is -2.21. The Labute approximate surface area is 133 Å². The van der Waals surface area contributed by atoms with Gasteiger partial charge in [0.1, 0.15) is 0 Å². The van der Waals surface area contributed by atoms with E-state index >= 15 is 0 Å². The molecule has 2 N–H and O–H groups in total. The molecule has 0 heterocycles. The summed E-state index contributed by atoms with van der Waals surface area (Å²) in [6, 6.07) is 6.15. The largest absolute Gasteiger partial charge is 0.342 e. The molecule has 0 spiro atoms. The average Bonchev–Trinajstić information content (AvgIpc) is 2.51. The zero-order chi connectivity index (χ0) is 16.9. The Morgan fingerprint density at radius 3 is 2.23 bits per heavy atom. The van der Waals surface area contributed by atoms with Crippen LogP contribution in [0.25, 0.3) is 0 Å². The second kappa shape index (κ2) is 7.74. The molecule has 1 unspecified atom stereocenters. The minimum atomic E-state index is -3.23. The Kier molecular flexibility index (Phi) is 6.56. The van der Waals surface area contributed by atoms with Gasteiger partial charge in [-0.25, -0.2) is 8.42 Å². The molecule has 0 saturated carbocycles. The molecule has 0 aliphatic rings. The average molecular weight is 326 g/mol. The normalized spacial score (nSPS) is 13.2. The molecule has 5 nitrogen and oxygen atoms in total. The number of amides is 1. The molecule has 0 saturated heterocycles. The van der Waals surface area contributed by atoms with Crippen molar-refractivity contribution in [2.75, 3.05) is 19.3 Å². The highest BCUT2D eigenvalue weighted by atomic mass is 32.2. The number of hydrogen-bond acceptors (Lipinski definition) is 4. The summed E-state index contributed by atoms with van der Waals surface area (Å²) in [4.78, 5) is 14.2. The van der Waals surface area contributed by atoms with Gasteiger partial charge in [0.2, 0.25) is 0 Å². The molecule has 1 aromatic carbocycles. The maximum Gasteiger partial charge on any atom is 0.253 e. The van der Waals surface area contributed by atoms with Crippen LogP contribution in [0, 0.1) is 5.92 Å². The molecule has 0 aromatic heterocycles. The zero-order valence-electron chi connectivity index (χ0n) is 13.7. The monoisotopic (exact) mass is 326 g/mol. The van der Waals surface area contributed by atoms with Crippen LogP contribution >= 0.6 is 0 Å². The molecule has 0 bridgehead atoms. The maximum absolute atomic E-state index is 12.3. The number of hydrogen-bond donors (Lipinski definition) is 1. The van der Waals surface area contributed by atoms with E-state index in [9.17, 15) is 13.2 Å². The van der Waals surface area contributed by atoms with Gasteiger partial charge >= 0.3 is 0 Å². The van der Waals surface area contributed by atoms with Gasteiger partial charge in [-0.3, -0.25) is 4.79 Å². The number of carbonyl (C=O) groups is 1. The van der Waals surface area contributed by atoms with Gasteiger partial charge in [0.05, 0.1) is 10.6 Å². The van der Waals surface area contributed by atoms with E-state index in [1.807, 2.05) is 0 Å². The van der Waals surface area contributed by atoms with Crippen LogP contribution in [0.4, 0.5) is 0 Å². The van der Waals surface area contributed by atoms with E-state index in [4.69, 9.17) is 5.73 Å². The lowest BCUT2D eigenvalue weighted by Crippen LogP contribution is -2.34. The van der Waals surface area contributed by atoms with Gasteiger partial charge < -0.3 is 10.6 Å². The number of benzene rings is 1. The van der Waals surface area contributed by atoms with E-state index in [2.05, 4.69) is 13.8 Å². The van der Waals surface area contributed by atoms with Crippen LogP contribution < -0.4 is 5.73 Å². The number of carbonyl (C=O) groups excluding carboxylic acids is 1. The summed E-state index contributed by atoms with van der Waals surface area (Å²) in [7, 11) is -1.51. The van der Waals surface area contributed by atoms with Crippen LogP contribution in [-0.2, 0) is 9.84 Å². The third kappa shape index (κ3) is 4.81. The highest BCUT2D eigenvalue weighted by Crippen LogP contribution is 2.14. The molecule has 0 aliphatic carbocycles. The third-order valence-electron chi connectivity index (χ3n) is 3.84. The van der Waals surface area contributed by atoms with Gasteiger partial charge in [-0.15, -0.1) is 0 Å². The van der Waals surface area contributed by atoms with Crippen LogP contribution in [-0.4, -0.2) is 44.6 Å². The molecule has 124 valence electrons. The molecule has 0 aliphatic heterocycles. The molecule has 1 rings (SSSR count). The van der Waals surface area contributed by atoms with E-state index in [-0.39, 0.29) is 22.6 Å². The number of sulfone groups is 1. The van der Waals surface area contributed by atoms with Gasteiger partial charge in [-0.05, 0) is 36.6 Å². The van der Waals surface area contributed by atoms with Crippen LogP contribution in [0.1, 0.15) is 37.6 Å². The third-order valence-corrected chi connectivity index (χ3v) is 5.59. The topological polar surface area (TPSA) is 80.5 Å². The van der Waals surface area contributed by atoms with Crippen molar-refractivity contribution in [3.05, 3.63) is 29.8 Å². The molecule has 1 amide bonds. The quantitative estimate of drug-likeness (QED) is 0.830. The summed E-state index contributed by atoms with van der Waals surface area (Å²) in [5.41, 5.74) is 6.46. The van der Waals surface area contributed by atoms with Crippen LogP contribution in [0.15, 0.2) is 29.2 Å². The molecular formula is C16H26N2O3S. The second-order valence-corrected chi connectivity index (χ2v) is 8.13. The first-order chi connectivity index (χ1) is 10.2. The molecule has 1 aromatic rings. The molecule has 6 heteroatoms. The molecule has 0 radical (unpaired) electrons. The van der Waals surface area contributed by atoms with Crippen molar-refractivity contribution < 1.29 is 13.2 Å². The van der Waals surface area contributed by atoms with E-state index in [0.717, 1.165) is 6.42 Å². The lowest BCUT2D eigenvalue weighted by molar-refractivity contribution is 0.0789. The Morgan fingerprint density at radius 1 is 1.23 bits per heavy atom. The van der Waals surface area contributed by atoms with E-state index in [1.54, 1.807) is 31.0 Å². The molecular weight excluding hydrogens is 300 g/mol. The Bertz CT molecular complexity index is 594. The maximum atomic E-state index is 12.3. The first-order valence-electron chi connectivity index (χ1n) is 7.53. The zero-order valence-corrected chi connectivity index (χ0v) is 14.6. The predicted octanol–water partition coefficient (Wildman–Crippen LogP) is 1.93. The summed E-state index contributed by atoms with van der Waals surface area (Å²) < 4.78 is 23.5. The number of nitrogens with zero attached hydrogens (tertiary/aromatic N) is 1. The molecule has 22 heavy (non-hydrogen) atoms. The lowest BCUT2D eigenvalue weighted by atomic mass is 10.0. The van der Waals surface area contributed by atoms with Crippen LogP contribution in [0.2, 0.25) is 0 Å². The standard InChI is InChI=1S/C16H26N2O3S/c1-5-22(20,21)14-8-6-13(7-9-14)16(19)18(4)11-10-15(17)12(2)3/h6-9,12,15H,5,10-11,17H2,1-4H3. The van der Waals surface area contributed by atoms with E-state index < -0.39 is 9.84 Å². The van der Waals surface area contributed by atoms with Gasteiger partial charge in [0.25, 0.3) is 5.91 Å². The van der Waals surface area contributed by atoms with E-state index in [1.165, 1.54) is 12.1 Å². The van der Waals surface area contributed by atoms with Crippen LogP contribution in [0.5, 0.6) is 0 Å². The number of rotatable bonds is 7. The predicted molar refractivity (Wildman–Crippen MR) is 88.6 cm³/mol. The van der Waals surface area contributed by atoms with Crippen LogP contribution in [0.3, 0.4) is 0 Å². The summed E-state index contributed by atoms with van der Waals surface area (Å²) in [5.74, 6) is 0.297. The minimum absolute atomic E-state index is 0.0489. The summed E-state index contributed by atoms with van der Waals surface area (Å²) in [5, 5.41) is 0. The first-order valence-corrected chi connectivity index (χ1v) is 9.18. The van der Waals surface area contributed by atoms with Crippen molar-refractivity contribution in [3.8, 4) is 0 Å². The minimum Gasteiger partial charge on any atom is -0.342 e. The van der Waals surface area contributed by atoms with Crippen molar-refractivity contribution in [2.45, 2.75) is 38.1 Å². The molecule has 0 fully saturated rings. The summed E-state index contributed by atoms with van der Waals surface area (Å²) >= 11 is 0. The van der Waals surface area contributed by atoms with Gasteiger partial charge in [0, 0.05) is 25.2 Å². The fourth-order valence-corrected chi connectivity index (χ4v) is 2.85. The highest BCUT2D eigenvalue weighted by molar-refractivity contribution is 7.91. The van der Waals surface area contributed by atoms with Crippen molar-refractivity contribution in [3.63, 3.8) is 0 Å². The smallest absolute Gasteiger partial charge is 0.253 e. The van der Waals surface area contributed by atoms with E-state index in [0.29, 0.717) is 18.0 Å². The Hall–Kier alpha value is -1.40. The van der Waals surface area contributed by atoms with Gasteiger partial charge in [-0.1, -0.05) is 20.8 Å². The van der Waals surface area contributed by atoms with Gasteiger partial charge in [-0.2, -0.15) is 0 Å².